The van der Waals surface area contributed by atoms with Crippen LogP contribution in [0.25, 0.3) is 5.57 Å². The van der Waals surface area contributed by atoms with E-state index in [1.807, 2.05) is 18.2 Å². The molecule has 0 bridgehead atoms. The molecule has 0 saturated carbocycles. The van der Waals surface area contributed by atoms with Crippen LogP contribution in [0.3, 0.4) is 0 Å². The van der Waals surface area contributed by atoms with Gasteiger partial charge in [-0.25, -0.2) is 4.79 Å². The molecule has 1 fully saturated rings. The fourth-order valence-electron chi connectivity index (χ4n) is 5.60. The lowest BCUT2D eigenvalue weighted by atomic mass is 9.74. The van der Waals surface area contributed by atoms with E-state index in [-0.39, 0.29) is 17.9 Å². The number of fused-ring (bicyclic) bond motifs is 1. The van der Waals surface area contributed by atoms with Gasteiger partial charge in [-0.15, -0.1) is 0 Å². The summed E-state index contributed by atoms with van der Waals surface area (Å²) >= 11 is 0. The van der Waals surface area contributed by atoms with Gasteiger partial charge in [-0.3, -0.25) is 24.7 Å². The summed E-state index contributed by atoms with van der Waals surface area (Å²) < 4.78 is 0. The quantitative estimate of drug-likeness (QED) is 0.544. The molecular formula is C31H39N7O2. The van der Waals surface area contributed by atoms with E-state index in [1.165, 1.54) is 23.3 Å². The minimum Gasteiger partial charge on any atom is -0.331 e. The van der Waals surface area contributed by atoms with E-state index in [9.17, 15) is 9.59 Å². The largest absolute Gasteiger partial charge is 0.331 e. The molecule has 3 atom stereocenters. The number of carbonyl (C=O) groups is 2. The zero-order valence-electron chi connectivity index (χ0n) is 23.9. The van der Waals surface area contributed by atoms with Gasteiger partial charge in [0.1, 0.15) is 5.71 Å². The Morgan fingerprint density at radius 3 is 2.55 bits per heavy atom. The second-order valence-electron chi connectivity index (χ2n) is 11.4. The molecule has 0 spiro atoms. The van der Waals surface area contributed by atoms with E-state index >= 15 is 0 Å². The van der Waals surface area contributed by atoms with E-state index in [2.05, 4.69) is 51.5 Å². The highest BCUT2D eigenvalue weighted by Gasteiger charge is 2.35. The van der Waals surface area contributed by atoms with E-state index < -0.39 is 0 Å². The molecule has 210 valence electrons. The van der Waals surface area contributed by atoms with Gasteiger partial charge < -0.3 is 15.5 Å². The molecule has 3 aliphatic rings. The molecule has 4 heterocycles. The molecule has 2 aromatic rings. The van der Waals surface area contributed by atoms with Crippen molar-refractivity contribution in [1.29, 1.82) is 0 Å². The third-order valence-electron chi connectivity index (χ3n) is 8.23. The first kappa shape index (κ1) is 27.7. The molecule has 1 saturated heterocycles. The lowest BCUT2D eigenvalue weighted by molar-refractivity contribution is -0.110. The molecule has 2 N–H and O–H groups in total. The summed E-state index contributed by atoms with van der Waals surface area (Å²) in [6, 6.07) is 5.64. The zero-order chi connectivity index (χ0) is 28.2. The first-order valence-corrected chi connectivity index (χ1v) is 14.2. The highest BCUT2D eigenvalue weighted by Crippen LogP contribution is 2.40. The van der Waals surface area contributed by atoms with Crippen molar-refractivity contribution in [2.45, 2.75) is 39.7 Å². The Labute approximate surface area is 236 Å². The fraction of sp³-hybridized carbons (Fsp3) is 0.452. The minimum absolute atomic E-state index is 0.137. The summed E-state index contributed by atoms with van der Waals surface area (Å²) in [5.74, 6) is 0.305. The molecule has 5 rings (SSSR count). The highest BCUT2D eigenvalue weighted by atomic mass is 16.2. The van der Waals surface area contributed by atoms with Crippen molar-refractivity contribution in [3.8, 4) is 0 Å². The van der Waals surface area contributed by atoms with Crippen LogP contribution in [0.1, 0.15) is 44.4 Å². The van der Waals surface area contributed by atoms with Crippen molar-refractivity contribution in [3.05, 3.63) is 65.8 Å². The number of urea groups is 1. The number of anilines is 2. The van der Waals surface area contributed by atoms with Crippen molar-refractivity contribution in [2.75, 3.05) is 44.4 Å². The zero-order valence-corrected chi connectivity index (χ0v) is 23.9. The average molecular weight is 542 g/mol. The number of hydrogen-bond acceptors (Lipinski definition) is 6. The molecular weight excluding hydrogens is 502 g/mol. The van der Waals surface area contributed by atoms with Gasteiger partial charge in [0.05, 0.1) is 29.5 Å². The third kappa shape index (κ3) is 6.31. The Morgan fingerprint density at radius 2 is 1.82 bits per heavy atom. The number of likely N-dealkylation sites (tertiary alicyclic amines) is 1. The van der Waals surface area contributed by atoms with Crippen LogP contribution < -0.4 is 10.6 Å². The summed E-state index contributed by atoms with van der Waals surface area (Å²) in [5.41, 5.74) is 6.06. The van der Waals surface area contributed by atoms with Crippen LogP contribution in [-0.2, 0) is 11.3 Å². The summed E-state index contributed by atoms with van der Waals surface area (Å²) in [5, 5.41) is 5.93. The van der Waals surface area contributed by atoms with Crippen molar-refractivity contribution in [1.82, 2.24) is 19.8 Å². The van der Waals surface area contributed by atoms with Crippen molar-refractivity contribution < 1.29 is 9.59 Å². The number of carbonyl (C=O) groups excluding carboxylic acids is 2. The third-order valence-corrected chi connectivity index (χ3v) is 8.23. The first-order valence-electron chi connectivity index (χ1n) is 14.2. The Morgan fingerprint density at radius 1 is 1.02 bits per heavy atom. The Kier molecular flexibility index (Phi) is 8.40. The number of allylic oxidation sites excluding steroid dienone is 4. The summed E-state index contributed by atoms with van der Waals surface area (Å²) in [4.78, 5) is 43.5. The first-order chi connectivity index (χ1) is 19.3. The van der Waals surface area contributed by atoms with Crippen molar-refractivity contribution in [3.63, 3.8) is 0 Å². The van der Waals surface area contributed by atoms with Crippen LogP contribution >= 0.6 is 0 Å². The normalized spacial score (nSPS) is 22.8. The Balaban J connectivity index is 1.34. The second kappa shape index (κ2) is 12.1. The van der Waals surface area contributed by atoms with Crippen LogP contribution in [0.4, 0.5) is 16.2 Å². The van der Waals surface area contributed by atoms with Crippen molar-refractivity contribution in [2.24, 2.45) is 22.7 Å². The van der Waals surface area contributed by atoms with Gasteiger partial charge in [0.25, 0.3) is 5.91 Å². The minimum atomic E-state index is -0.213. The molecule has 0 aromatic carbocycles. The predicted octanol–water partition coefficient (Wildman–Crippen LogP) is 4.86. The lowest BCUT2D eigenvalue weighted by Gasteiger charge is -2.29. The number of aliphatic imine (C=N–C) groups is 1. The summed E-state index contributed by atoms with van der Waals surface area (Å²) in [6.45, 7) is 8.10. The van der Waals surface area contributed by atoms with Crippen LogP contribution in [0.15, 0.2) is 59.5 Å². The highest BCUT2D eigenvalue weighted by molar-refractivity contribution is 6.44. The van der Waals surface area contributed by atoms with Gasteiger partial charge in [0.2, 0.25) is 0 Å². The number of pyridine rings is 2. The van der Waals surface area contributed by atoms with Gasteiger partial charge in [-0.1, -0.05) is 31.6 Å². The predicted molar refractivity (Wildman–Crippen MR) is 159 cm³/mol. The number of amides is 3. The molecule has 9 nitrogen and oxygen atoms in total. The molecule has 2 aromatic heterocycles. The average Bonchev–Trinajstić information content (AvgIpc) is 3.42. The molecule has 1 aliphatic carbocycles. The van der Waals surface area contributed by atoms with Crippen molar-refractivity contribution >= 4 is 34.6 Å². The number of hydrogen-bond donors (Lipinski definition) is 2. The van der Waals surface area contributed by atoms with Gasteiger partial charge in [0, 0.05) is 39.3 Å². The second-order valence-corrected chi connectivity index (χ2v) is 11.4. The Bertz CT molecular complexity index is 1340. The fourth-order valence-corrected chi connectivity index (χ4v) is 5.60. The standard InChI is InChI=1S/C31H39N7O2/c1-20-15-34-29(30(39)35-24-8-9-25(33-18-24)19-38-11-5-6-12-38)28-14-22(7-10-27(28)21(20)2)23-13-26(17-32-16-23)36-31(40)37(3)4/h7-10,13,16-18,20-21,28H,5-6,11-12,14-15,19H2,1-4H3,(H,35,39)(H,36,40)/t20-,21?,28?/m1/s1. The maximum Gasteiger partial charge on any atom is 0.321 e. The van der Waals surface area contributed by atoms with E-state index in [0.29, 0.717) is 41.9 Å². The lowest BCUT2D eigenvalue weighted by Crippen LogP contribution is -2.32. The van der Waals surface area contributed by atoms with E-state index in [4.69, 9.17) is 4.99 Å². The molecule has 3 amide bonds. The molecule has 2 aliphatic heterocycles. The van der Waals surface area contributed by atoms with Gasteiger partial charge in [-0.2, -0.15) is 0 Å². The topological polar surface area (TPSA) is 103 Å². The maximum atomic E-state index is 13.6. The molecule has 2 unspecified atom stereocenters. The van der Waals surface area contributed by atoms with Crippen LogP contribution in [0.2, 0.25) is 0 Å². The van der Waals surface area contributed by atoms with E-state index in [1.54, 1.807) is 32.7 Å². The summed E-state index contributed by atoms with van der Waals surface area (Å²) in [6.07, 6.45) is 12.6. The number of rotatable bonds is 6. The smallest absolute Gasteiger partial charge is 0.321 e. The summed E-state index contributed by atoms with van der Waals surface area (Å²) in [7, 11) is 3.39. The van der Waals surface area contributed by atoms with Crippen LogP contribution in [0, 0.1) is 17.8 Å². The maximum absolute atomic E-state index is 13.6. The molecule has 0 radical (unpaired) electrons. The SMILES string of the molecule is CC1C2=CC=C(c3cncc(NC(=O)N(C)C)c3)CC2C(C(=O)Nc2ccc(CN3CCCC3)nc2)=NC[C@H]1C. The van der Waals surface area contributed by atoms with Crippen LogP contribution in [0.5, 0.6) is 0 Å². The monoisotopic (exact) mass is 541 g/mol. The van der Waals surface area contributed by atoms with Crippen LogP contribution in [-0.4, -0.2) is 71.1 Å². The number of nitrogens with one attached hydrogen (secondary N) is 2. The van der Waals surface area contributed by atoms with Gasteiger partial charge >= 0.3 is 6.03 Å². The number of nitrogens with zero attached hydrogens (tertiary/aromatic N) is 5. The molecule has 9 heteroatoms. The van der Waals surface area contributed by atoms with Gasteiger partial charge in [0.15, 0.2) is 0 Å². The van der Waals surface area contributed by atoms with Gasteiger partial charge in [-0.05, 0) is 73.5 Å². The number of aromatic nitrogens is 2. The molecule has 40 heavy (non-hydrogen) atoms. The Hall–Kier alpha value is -3.85. The van der Waals surface area contributed by atoms with E-state index in [0.717, 1.165) is 36.5 Å².